The molecule has 2 aromatic heterocycles. The van der Waals surface area contributed by atoms with Crippen LogP contribution >= 0.6 is 11.6 Å². The Labute approximate surface area is 178 Å². The molecule has 3 aromatic rings. The van der Waals surface area contributed by atoms with Gasteiger partial charge < -0.3 is 14.6 Å². The Hall–Kier alpha value is -3.19. The average molecular weight is 425 g/mol. The number of aromatic nitrogens is 3. The molecule has 1 aromatic carbocycles. The van der Waals surface area contributed by atoms with Crippen LogP contribution in [0.25, 0.3) is 11.3 Å². The summed E-state index contributed by atoms with van der Waals surface area (Å²) in [6.45, 7) is 1.13. The summed E-state index contributed by atoms with van der Waals surface area (Å²) >= 11 is 6.01. The van der Waals surface area contributed by atoms with E-state index in [0.717, 1.165) is 12.0 Å². The molecule has 0 saturated carbocycles. The zero-order valence-electron chi connectivity index (χ0n) is 16.5. The van der Waals surface area contributed by atoms with Crippen LogP contribution < -0.4 is 10.3 Å². The number of nitrogens with one attached hydrogen (secondary N) is 1. The van der Waals surface area contributed by atoms with E-state index in [2.05, 4.69) is 15.0 Å². The van der Waals surface area contributed by atoms with Crippen molar-refractivity contribution < 1.29 is 9.53 Å². The van der Waals surface area contributed by atoms with Gasteiger partial charge in [-0.05, 0) is 36.2 Å². The Balaban J connectivity index is 1.52. The third-order valence-corrected chi connectivity index (χ3v) is 5.41. The Kier molecular flexibility index (Phi) is 5.81. The van der Waals surface area contributed by atoms with Crippen molar-refractivity contribution >= 4 is 17.5 Å². The van der Waals surface area contributed by atoms with E-state index in [9.17, 15) is 9.59 Å². The average Bonchev–Trinajstić information content (AvgIpc) is 3.24. The number of carbonyl (C=O) groups is 1. The maximum Gasteiger partial charge on any atom is 0.251 e. The molecule has 1 fully saturated rings. The van der Waals surface area contributed by atoms with Crippen LogP contribution in [0.1, 0.15) is 23.7 Å². The maximum absolute atomic E-state index is 12.7. The fraction of sp³-hybridized carbons (Fsp3) is 0.273. The lowest BCUT2D eigenvalue weighted by atomic mass is 10.1. The van der Waals surface area contributed by atoms with Crippen LogP contribution in [0.5, 0.6) is 5.88 Å². The van der Waals surface area contributed by atoms with Gasteiger partial charge in [0, 0.05) is 36.3 Å². The first-order chi connectivity index (χ1) is 14.5. The van der Waals surface area contributed by atoms with Gasteiger partial charge in [0.1, 0.15) is 5.82 Å². The third-order valence-electron chi connectivity index (χ3n) is 5.17. The van der Waals surface area contributed by atoms with Crippen molar-refractivity contribution in [3.05, 3.63) is 75.4 Å². The number of methoxy groups -OCH3 is 1. The highest BCUT2D eigenvalue weighted by atomic mass is 35.5. The van der Waals surface area contributed by atoms with E-state index >= 15 is 0 Å². The number of pyridine rings is 1. The fourth-order valence-corrected chi connectivity index (χ4v) is 3.91. The van der Waals surface area contributed by atoms with Crippen LogP contribution in [-0.4, -0.2) is 46.0 Å². The minimum absolute atomic E-state index is 0.0344. The Morgan fingerprint density at radius 3 is 2.97 bits per heavy atom. The predicted molar refractivity (Wildman–Crippen MR) is 114 cm³/mol. The van der Waals surface area contributed by atoms with Crippen LogP contribution in [0, 0.1) is 0 Å². The van der Waals surface area contributed by atoms with E-state index < -0.39 is 0 Å². The lowest BCUT2D eigenvalue weighted by molar-refractivity contribution is -0.129. The van der Waals surface area contributed by atoms with E-state index in [0.29, 0.717) is 47.5 Å². The number of likely N-dealkylation sites (tertiary alicyclic amines) is 1. The van der Waals surface area contributed by atoms with Gasteiger partial charge in [-0.2, -0.15) is 0 Å². The lowest BCUT2D eigenvalue weighted by Gasteiger charge is -2.17. The summed E-state index contributed by atoms with van der Waals surface area (Å²) in [6, 6.07) is 12.3. The minimum atomic E-state index is -0.246. The SMILES string of the molecule is COc1ncccc1-c1cc(=O)[nH]c(C2CCN(C(=O)Cc3cccc(Cl)c3)C2)n1. The summed E-state index contributed by atoms with van der Waals surface area (Å²) < 4.78 is 5.29. The fourth-order valence-electron chi connectivity index (χ4n) is 3.70. The van der Waals surface area contributed by atoms with Crippen molar-refractivity contribution in [2.75, 3.05) is 20.2 Å². The van der Waals surface area contributed by atoms with E-state index in [4.69, 9.17) is 16.3 Å². The highest BCUT2D eigenvalue weighted by molar-refractivity contribution is 6.30. The van der Waals surface area contributed by atoms with Gasteiger partial charge in [0.2, 0.25) is 11.8 Å². The Morgan fingerprint density at radius 1 is 1.30 bits per heavy atom. The zero-order valence-corrected chi connectivity index (χ0v) is 17.2. The molecule has 1 saturated heterocycles. The first kappa shape index (κ1) is 20.1. The molecule has 0 aliphatic carbocycles. The molecule has 1 atom stereocenters. The predicted octanol–water partition coefficient (Wildman–Crippen LogP) is 3.05. The monoisotopic (exact) mass is 424 g/mol. The van der Waals surface area contributed by atoms with Gasteiger partial charge in [-0.3, -0.25) is 9.59 Å². The number of halogens is 1. The van der Waals surface area contributed by atoms with Gasteiger partial charge >= 0.3 is 0 Å². The molecule has 3 heterocycles. The summed E-state index contributed by atoms with van der Waals surface area (Å²) in [5, 5.41) is 0.615. The number of hydrogen-bond donors (Lipinski definition) is 1. The normalized spacial score (nSPS) is 15.9. The molecule has 0 spiro atoms. The number of nitrogens with zero attached hydrogens (tertiary/aromatic N) is 3. The molecule has 30 heavy (non-hydrogen) atoms. The van der Waals surface area contributed by atoms with Gasteiger partial charge in [-0.15, -0.1) is 0 Å². The minimum Gasteiger partial charge on any atom is -0.481 e. The van der Waals surface area contributed by atoms with Crippen molar-refractivity contribution in [1.29, 1.82) is 0 Å². The Bertz CT molecular complexity index is 1130. The van der Waals surface area contributed by atoms with Crippen LogP contribution in [0.15, 0.2) is 53.5 Å². The molecular weight excluding hydrogens is 404 g/mol. The van der Waals surface area contributed by atoms with Crippen LogP contribution in [0.3, 0.4) is 0 Å². The smallest absolute Gasteiger partial charge is 0.251 e. The second-order valence-corrected chi connectivity index (χ2v) is 7.64. The molecule has 1 unspecified atom stereocenters. The van der Waals surface area contributed by atoms with Crippen molar-refractivity contribution in [1.82, 2.24) is 19.9 Å². The number of carbonyl (C=O) groups excluding carboxylic acids is 1. The number of amides is 1. The number of benzene rings is 1. The second-order valence-electron chi connectivity index (χ2n) is 7.21. The van der Waals surface area contributed by atoms with Gasteiger partial charge in [0.15, 0.2) is 0 Å². The standard InChI is InChI=1S/C22H21ClN4O3/c1-30-22-17(6-3-8-24-22)18-12-19(28)26-21(25-18)15-7-9-27(13-15)20(29)11-14-4-2-5-16(23)10-14/h2-6,8,10,12,15H,7,9,11,13H2,1H3,(H,25,26,28). The molecule has 7 nitrogen and oxygen atoms in total. The second kappa shape index (κ2) is 8.67. The molecule has 1 aliphatic heterocycles. The van der Waals surface area contributed by atoms with E-state index in [1.165, 1.54) is 13.2 Å². The van der Waals surface area contributed by atoms with E-state index in [1.807, 2.05) is 23.1 Å². The van der Waals surface area contributed by atoms with Gasteiger partial charge in [-0.1, -0.05) is 23.7 Å². The van der Waals surface area contributed by atoms with Crippen molar-refractivity contribution in [3.63, 3.8) is 0 Å². The van der Waals surface area contributed by atoms with Crippen LogP contribution in [0.2, 0.25) is 5.02 Å². The van der Waals surface area contributed by atoms with Crippen molar-refractivity contribution in [2.45, 2.75) is 18.8 Å². The molecule has 154 valence electrons. The summed E-state index contributed by atoms with van der Waals surface area (Å²) in [6.07, 6.45) is 2.65. The zero-order chi connectivity index (χ0) is 21.1. The molecule has 0 bridgehead atoms. The van der Waals surface area contributed by atoms with E-state index in [1.54, 1.807) is 24.4 Å². The number of aromatic amines is 1. The first-order valence-electron chi connectivity index (χ1n) is 9.66. The molecule has 8 heteroatoms. The quantitative estimate of drug-likeness (QED) is 0.680. The molecule has 1 N–H and O–H groups in total. The molecule has 4 rings (SSSR count). The first-order valence-corrected chi connectivity index (χ1v) is 10.0. The topological polar surface area (TPSA) is 88.2 Å². The summed E-state index contributed by atoms with van der Waals surface area (Å²) in [5.74, 6) is 0.976. The number of H-pyrrole nitrogens is 1. The molecule has 1 amide bonds. The van der Waals surface area contributed by atoms with Gasteiger partial charge in [0.25, 0.3) is 5.56 Å². The largest absolute Gasteiger partial charge is 0.481 e. The third kappa shape index (κ3) is 4.36. The number of ether oxygens (including phenoxy) is 1. The summed E-state index contributed by atoms with van der Waals surface area (Å²) in [5.41, 5.74) is 1.79. The number of hydrogen-bond acceptors (Lipinski definition) is 5. The lowest BCUT2D eigenvalue weighted by Crippen LogP contribution is -2.30. The van der Waals surface area contributed by atoms with Crippen LogP contribution in [-0.2, 0) is 11.2 Å². The van der Waals surface area contributed by atoms with Crippen molar-refractivity contribution in [2.24, 2.45) is 0 Å². The van der Waals surface area contributed by atoms with Crippen LogP contribution in [0.4, 0.5) is 0 Å². The van der Waals surface area contributed by atoms with Gasteiger partial charge in [-0.25, -0.2) is 9.97 Å². The Morgan fingerprint density at radius 2 is 2.17 bits per heavy atom. The van der Waals surface area contributed by atoms with Gasteiger partial charge in [0.05, 0.1) is 24.8 Å². The highest BCUT2D eigenvalue weighted by Crippen LogP contribution is 2.29. The molecule has 0 radical (unpaired) electrons. The highest BCUT2D eigenvalue weighted by Gasteiger charge is 2.29. The molecule has 1 aliphatic rings. The summed E-state index contributed by atoms with van der Waals surface area (Å²) in [7, 11) is 1.53. The summed E-state index contributed by atoms with van der Waals surface area (Å²) in [4.78, 5) is 38.5. The van der Waals surface area contributed by atoms with Crippen molar-refractivity contribution in [3.8, 4) is 17.1 Å². The number of rotatable bonds is 5. The molecular formula is C22H21ClN4O3. The maximum atomic E-state index is 12.7. The van der Waals surface area contributed by atoms with E-state index in [-0.39, 0.29) is 17.4 Å².